The van der Waals surface area contributed by atoms with Crippen LogP contribution in [-0.2, 0) is 12.8 Å². The Balaban J connectivity index is 2.50. The molecule has 4 nitrogen and oxygen atoms in total. The van der Waals surface area contributed by atoms with Gasteiger partial charge in [0.1, 0.15) is 12.0 Å². The predicted octanol–water partition coefficient (Wildman–Crippen LogP) is 1.09. The molecule has 2 rings (SSSR count). The zero-order valence-corrected chi connectivity index (χ0v) is 9.08. The number of carbonyl (C=O) groups excluding carboxylic acids is 1. The largest absolute Gasteiger partial charge is 0.364 e. The van der Waals surface area contributed by atoms with E-state index in [1.54, 1.807) is 0 Å². The number of hydrogen-bond donors (Lipinski definition) is 1. The Kier molecular flexibility index (Phi) is 2.21. The molecule has 1 aromatic heterocycles. The summed E-state index contributed by atoms with van der Waals surface area (Å²) in [5, 5.41) is 0. The van der Waals surface area contributed by atoms with Gasteiger partial charge in [0.05, 0.1) is 0 Å². The van der Waals surface area contributed by atoms with E-state index in [1.807, 2.05) is 0 Å². The fraction of sp³-hybridized carbons (Fsp3) is 0.545. The number of hydrogen-bond acceptors (Lipinski definition) is 3. The summed E-state index contributed by atoms with van der Waals surface area (Å²) in [7, 11) is 0. The molecule has 0 fully saturated rings. The second kappa shape index (κ2) is 3.29. The lowest BCUT2D eigenvalue weighted by molar-refractivity contribution is 0.0993. The van der Waals surface area contributed by atoms with Crippen LogP contribution in [0.2, 0.25) is 0 Å². The Morgan fingerprint density at radius 2 is 2.20 bits per heavy atom. The molecule has 4 heteroatoms. The summed E-state index contributed by atoms with van der Waals surface area (Å²) < 4.78 is 0. The lowest BCUT2D eigenvalue weighted by atomic mass is 9.75. The van der Waals surface area contributed by atoms with Crippen molar-refractivity contribution in [3.63, 3.8) is 0 Å². The number of amides is 1. The van der Waals surface area contributed by atoms with Crippen LogP contribution in [0.4, 0.5) is 0 Å². The van der Waals surface area contributed by atoms with E-state index < -0.39 is 5.91 Å². The second-order valence-electron chi connectivity index (χ2n) is 4.85. The molecule has 1 aromatic rings. The van der Waals surface area contributed by atoms with Crippen LogP contribution in [0, 0.1) is 5.41 Å². The highest BCUT2D eigenvalue weighted by Gasteiger charge is 2.29. The average molecular weight is 205 g/mol. The summed E-state index contributed by atoms with van der Waals surface area (Å²) in [4.78, 5) is 19.4. The van der Waals surface area contributed by atoms with E-state index in [2.05, 4.69) is 23.8 Å². The highest BCUT2D eigenvalue weighted by Crippen LogP contribution is 2.34. The molecular weight excluding hydrogens is 190 g/mol. The molecule has 0 radical (unpaired) electrons. The van der Waals surface area contributed by atoms with Crippen molar-refractivity contribution in [3.8, 4) is 0 Å². The molecule has 0 saturated heterocycles. The standard InChI is InChI=1S/C11H15N3O/c1-11(2)4-3-8-7(5-11)9(10(12)15)14-6-13-8/h6H,3-5H2,1-2H3,(H2,12,15). The molecule has 0 spiro atoms. The zero-order valence-electron chi connectivity index (χ0n) is 9.08. The Hall–Kier alpha value is -1.45. The molecule has 2 N–H and O–H groups in total. The fourth-order valence-corrected chi connectivity index (χ4v) is 2.09. The minimum Gasteiger partial charge on any atom is -0.364 e. The molecule has 1 aliphatic carbocycles. The molecule has 0 bridgehead atoms. The lowest BCUT2D eigenvalue weighted by Crippen LogP contribution is -2.27. The third kappa shape index (κ3) is 1.84. The van der Waals surface area contributed by atoms with Crippen LogP contribution >= 0.6 is 0 Å². The van der Waals surface area contributed by atoms with E-state index in [4.69, 9.17) is 5.73 Å². The minimum atomic E-state index is -0.452. The maximum Gasteiger partial charge on any atom is 0.267 e. The Bertz CT molecular complexity index is 412. The number of carbonyl (C=O) groups is 1. The number of rotatable bonds is 1. The van der Waals surface area contributed by atoms with E-state index in [9.17, 15) is 4.79 Å². The van der Waals surface area contributed by atoms with E-state index in [0.717, 1.165) is 30.5 Å². The quantitative estimate of drug-likeness (QED) is 0.746. The molecule has 1 aliphatic rings. The van der Waals surface area contributed by atoms with Crippen molar-refractivity contribution >= 4 is 5.91 Å². The summed E-state index contributed by atoms with van der Waals surface area (Å²) in [6.07, 6.45) is 4.26. The second-order valence-corrected chi connectivity index (χ2v) is 4.85. The summed E-state index contributed by atoms with van der Waals surface area (Å²) in [5.41, 5.74) is 7.83. The van der Waals surface area contributed by atoms with Crippen LogP contribution in [0.25, 0.3) is 0 Å². The maximum atomic E-state index is 11.2. The van der Waals surface area contributed by atoms with Crippen molar-refractivity contribution in [2.45, 2.75) is 33.1 Å². The first-order valence-corrected chi connectivity index (χ1v) is 5.12. The number of aryl methyl sites for hydroxylation is 1. The molecule has 0 saturated carbocycles. The maximum absolute atomic E-state index is 11.2. The molecule has 0 aromatic carbocycles. The first-order valence-electron chi connectivity index (χ1n) is 5.12. The van der Waals surface area contributed by atoms with Crippen LogP contribution in [-0.4, -0.2) is 15.9 Å². The number of nitrogens with two attached hydrogens (primary N) is 1. The highest BCUT2D eigenvalue weighted by atomic mass is 16.1. The molecule has 1 heterocycles. The van der Waals surface area contributed by atoms with Crippen LogP contribution in [0.5, 0.6) is 0 Å². The van der Waals surface area contributed by atoms with Crippen molar-refractivity contribution in [3.05, 3.63) is 23.3 Å². The monoisotopic (exact) mass is 205 g/mol. The zero-order chi connectivity index (χ0) is 11.1. The topological polar surface area (TPSA) is 68.9 Å². The van der Waals surface area contributed by atoms with Crippen molar-refractivity contribution in [2.75, 3.05) is 0 Å². The first-order chi connectivity index (χ1) is 6.99. The van der Waals surface area contributed by atoms with Gasteiger partial charge in [-0.15, -0.1) is 0 Å². The number of aromatic nitrogens is 2. The first kappa shape index (κ1) is 10.1. The molecule has 0 atom stereocenters. The number of nitrogens with zero attached hydrogens (tertiary/aromatic N) is 2. The van der Waals surface area contributed by atoms with Crippen molar-refractivity contribution in [1.82, 2.24) is 9.97 Å². The minimum absolute atomic E-state index is 0.210. The molecule has 80 valence electrons. The molecule has 15 heavy (non-hydrogen) atoms. The third-order valence-corrected chi connectivity index (χ3v) is 2.96. The molecular formula is C11H15N3O. The number of fused-ring (bicyclic) bond motifs is 1. The van der Waals surface area contributed by atoms with Gasteiger partial charge in [0.25, 0.3) is 5.91 Å². The number of primary amides is 1. The van der Waals surface area contributed by atoms with Gasteiger partial charge in [0.2, 0.25) is 0 Å². The summed E-state index contributed by atoms with van der Waals surface area (Å²) in [5.74, 6) is -0.452. The third-order valence-electron chi connectivity index (χ3n) is 2.96. The predicted molar refractivity (Wildman–Crippen MR) is 56.4 cm³/mol. The van der Waals surface area contributed by atoms with E-state index in [0.29, 0.717) is 5.69 Å². The van der Waals surface area contributed by atoms with Gasteiger partial charge in [-0.2, -0.15) is 0 Å². The van der Waals surface area contributed by atoms with Gasteiger partial charge < -0.3 is 5.73 Å². The summed E-state index contributed by atoms with van der Waals surface area (Å²) in [6, 6.07) is 0. The van der Waals surface area contributed by atoms with Crippen molar-refractivity contribution in [2.24, 2.45) is 11.1 Å². The lowest BCUT2D eigenvalue weighted by Gasteiger charge is -2.30. The van der Waals surface area contributed by atoms with Crippen LogP contribution < -0.4 is 5.73 Å². The Labute approximate surface area is 88.9 Å². The highest BCUT2D eigenvalue weighted by molar-refractivity contribution is 5.92. The normalized spacial score (nSPS) is 18.3. The van der Waals surface area contributed by atoms with Gasteiger partial charge in [0, 0.05) is 11.3 Å². The van der Waals surface area contributed by atoms with Gasteiger partial charge >= 0.3 is 0 Å². The van der Waals surface area contributed by atoms with Crippen LogP contribution in [0.3, 0.4) is 0 Å². The van der Waals surface area contributed by atoms with Gasteiger partial charge in [-0.1, -0.05) is 13.8 Å². The fourth-order valence-electron chi connectivity index (χ4n) is 2.09. The van der Waals surface area contributed by atoms with Gasteiger partial charge in [-0.25, -0.2) is 9.97 Å². The van der Waals surface area contributed by atoms with Crippen LogP contribution in [0.1, 0.15) is 42.0 Å². The molecule has 0 unspecified atom stereocenters. The summed E-state index contributed by atoms with van der Waals surface area (Å²) in [6.45, 7) is 4.38. The molecule has 0 aliphatic heterocycles. The van der Waals surface area contributed by atoms with E-state index in [1.165, 1.54) is 6.33 Å². The van der Waals surface area contributed by atoms with Gasteiger partial charge in [-0.05, 0) is 24.7 Å². The van der Waals surface area contributed by atoms with E-state index in [-0.39, 0.29) is 5.41 Å². The molecule has 1 amide bonds. The van der Waals surface area contributed by atoms with Crippen molar-refractivity contribution in [1.29, 1.82) is 0 Å². The Morgan fingerprint density at radius 1 is 1.47 bits per heavy atom. The SMILES string of the molecule is CC1(C)CCc2ncnc(C(N)=O)c2C1. The van der Waals surface area contributed by atoms with Crippen molar-refractivity contribution < 1.29 is 4.79 Å². The summed E-state index contributed by atoms with van der Waals surface area (Å²) >= 11 is 0. The van der Waals surface area contributed by atoms with Gasteiger partial charge in [-0.3, -0.25) is 4.79 Å². The van der Waals surface area contributed by atoms with E-state index >= 15 is 0 Å². The average Bonchev–Trinajstić information content (AvgIpc) is 2.15. The van der Waals surface area contributed by atoms with Crippen LogP contribution in [0.15, 0.2) is 6.33 Å². The van der Waals surface area contributed by atoms with Gasteiger partial charge in [0.15, 0.2) is 0 Å². The smallest absolute Gasteiger partial charge is 0.267 e. The Morgan fingerprint density at radius 3 is 2.87 bits per heavy atom.